The molecule has 0 bridgehead atoms. The first-order chi connectivity index (χ1) is 6.49. The molecule has 0 N–H and O–H groups in total. The molecule has 0 amide bonds. The molecule has 0 atom stereocenters. The van der Waals surface area contributed by atoms with Crippen LogP contribution in [0.3, 0.4) is 0 Å². The molecule has 0 saturated carbocycles. The van der Waals surface area contributed by atoms with E-state index in [1.807, 2.05) is 0 Å². The predicted molar refractivity (Wildman–Crippen MR) is 63.7 cm³/mol. The number of nitrogens with zero attached hydrogens (tertiary/aromatic N) is 1. The van der Waals surface area contributed by atoms with Gasteiger partial charge in [-0.25, -0.2) is 8.42 Å². The van der Waals surface area contributed by atoms with E-state index in [1.54, 1.807) is 0 Å². The van der Waals surface area contributed by atoms with Crippen LogP contribution in [-0.4, -0.2) is 27.0 Å². The van der Waals surface area contributed by atoms with Gasteiger partial charge in [-0.15, -0.1) is 0 Å². The second kappa shape index (κ2) is 7.36. The zero-order valence-corrected chi connectivity index (χ0v) is 11.1. The van der Waals surface area contributed by atoms with Crippen molar-refractivity contribution >= 4 is 17.7 Å². The van der Waals surface area contributed by atoms with E-state index in [1.165, 1.54) is 6.26 Å². The van der Waals surface area contributed by atoms with Gasteiger partial charge in [-0.3, -0.25) is 0 Å². The standard InChI is InChI=1S/C9H21NO2PS/c1-4-6-8-13(9-7-5-2)10-14(3,11)12/h4-9H2,1-3H3/q+1. The fourth-order valence-electron chi connectivity index (χ4n) is 1.08. The molecule has 0 aliphatic heterocycles. The Morgan fingerprint density at radius 2 is 1.50 bits per heavy atom. The molecule has 3 nitrogen and oxygen atoms in total. The molecule has 0 aliphatic rings. The highest BCUT2D eigenvalue weighted by Crippen LogP contribution is 2.30. The van der Waals surface area contributed by atoms with Gasteiger partial charge >= 0.3 is 0 Å². The first-order valence-corrected chi connectivity index (χ1v) is 8.68. The Balaban J connectivity index is 4.31. The van der Waals surface area contributed by atoms with E-state index in [-0.39, 0.29) is 0 Å². The lowest BCUT2D eigenvalue weighted by Crippen LogP contribution is -1.91. The first kappa shape index (κ1) is 14.1. The molecule has 0 saturated heterocycles. The van der Waals surface area contributed by atoms with Crippen LogP contribution in [0.2, 0.25) is 0 Å². The summed E-state index contributed by atoms with van der Waals surface area (Å²) in [6, 6.07) is 0. The van der Waals surface area contributed by atoms with Crippen molar-refractivity contribution in [3.63, 3.8) is 0 Å². The zero-order valence-electron chi connectivity index (χ0n) is 9.36. The summed E-state index contributed by atoms with van der Waals surface area (Å²) in [6.45, 7) is 4.24. The van der Waals surface area contributed by atoms with Crippen LogP contribution in [0.5, 0.6) is 0 Å². The molecule has 0 fully saturated rings. The second-order valence-electron chi connectivity index (χ2n) is 3.48. The zero-order chi connectivity index (χ0) is 11.0. The third kappa shape index (κ3) is 8.64. The third-order valence-electron chi connectivity index (χ3n) is 1.80. The molecule has 0 aromatic carbocycles. The van der Waals surface area contributed by atoms with Gasteiger partial charge in [0.15, 0.2) is 0 Å². The Bertz CT molecular complexity index is 263. The van der Waals surface area contributed by atoms with Crippen molar-refractivity contribution in [3.8, 4) is 0 Å². The van der Waals surface area contributed by atoms with Crippen molar-refractivity contribution in [2.45, 2.75) is 39.5 Å². The number of unbranched alkanes of at least 4 members (excludes halogenated alkanes) is 2. The molecular weight excluding hydrogens is 217 g/mol. The Labute approximate surface area is 88.8 Å². The van der Waals surface area contributed by atoms with Gasteiger partial charge in [-0.2, -0.15) is 0 Å². The number of rotatable bonds is 7. The summed E-state index contributed by atoms with van der Waals surface area (Å²) in [5.74, 6) is 0. The van der Waals surface area contributed by atoms with Crippen LogP contribution < -0.4 is 0 Å². The van der Waals surface area contributed by atoms with Crippen molar-refractivity contribution in [2.75, 3.05) is 18.6 Å². The molecule has 5 heteroatoms. The SMILES string of the molecule is CCCC[P+](CCCC)=NS(C)(=O)=O. The van der Waals surface area contributed by atoms with E-state index in [0.29, 0.717) is 0 Å². The van der Waals surface area contributed by atoms with E-state index >= 15 is 0 Å². The van der Waals surface area contributed by atoms with Crippen LogP contribution in [0.25, 0.3) is 0 Å². The minimum atomic E-state index is -3.13. The van der Waals surface area contributed by atoms with Gasteiger partial charge in [0, 0.05) is 4.15 Å². The molecule has 0 aliphatic carbocycles. The minimum absolute atomic E-state index is 0.623. The number of hydrogen-bond donors (Lipinski definition) is 0. The Hall–Kier alpha value is 0.0500. The van der Waals surface area contributed by atoms with E-state index in [2.05, 4.69) is 18.0 Å². The van der Waals surface area contributed by atoms with Gasteiger partial charge in [-0.05, 0) is 12.8 Å². The molecule has 0 spiro atoms. The summed E-state index contributed by atoms with van der Waals surface area (Å²) in [5, 5.41) is 0. The second-order valence-corrected chi connectivity index (χ2v) is 7.50. The van der Waals surface area contributed by atoms with E-state index in [4.69, 9.17) is 0 Å². The van der Waals surface area contributed by atoms with Crippen molar-refractivity contribution < 1.29 is 8.42 Å². The number of sulfonamides is 1. The van der Waals surface area contributed by atoms with Crippen LogP contribution in [0, 0.1) is 0 Å². The largest absolute Gasteiger partial charge is 0.285 e. The van der Waals surface area contributed by atoms with Crippen molar-refractivity contribution in [3.05, 3.63) is 0 Å². The quantitative estimate of drug-likeness (QED) is 0.639. The fourth-order valence-corrected chi connectivity index (χ4v) is 5.00. The van der Waals surface area contributed by atoms with Gasteiger partial charge in [-0.1, -0.05) is 26.7 Å². The summed E-state index contributed by atoms with van der Waals surface area (Å²) in [6.07, 6.45) is 7.55. The molecule has 0 unspecified atom stereocenters. The van der Waals surface area contributed by atoms with Crippen molar-refractivity contribution in [1.29, 1.82) is 0 Å². The highest BCUT2D eigenvalue weighted by Gasteiger charge is 2.15. The Kier molecular flexibility index (Phi) is 7.38. The maximum Gasteiger partial charge on any atom is 0.285 e. The van der Waals surface area contributed by atoms with Crippen LogP contribution in [0.4, 0.5) is 0 Å². The molecule has 0 aromatic rings. The summed E-state index contributed by atoms with van der Waals surface area (Å²) in [7, 11) is -3.75. The van der Waals surface area contributed by atoms with Crippen LogP contribution in [0.1, 0.15) is 39.5 Å². The molecule has 0 aromatic heterocycles. The topological polar surface area (TPSA) is 46.5 Å². The van der Waals surface area contributed by atoms with Gasteiger partial charge in [0.1, 0.15) is 12.3 Å². The van der Waals surface area contributed by atoms with Gasteiger partial charge in [0.05, 0.1) is 6.26 Å². The fraction of sp³-hybridized carbons (Fsp3) is 1.00. The highest BCUT2D eigenvalue weighted by molar-refractivity contribution is 7.92. The lowest BCUT2D eigenvalue weighted by molar-refractivity contribution is 0.604. The average Bonchev–Trinajstić information content (AvgIpc) is 2.07. The van der Waals surface area contributed by atoms with E-state index in [9.17, 15) is 8.42 Å². The summed E-state index contributed by atoms with van der Waals surface area (Å²) >= 11 is 0. The molecular formula is C9H21NO2PS+. The lowest BCUT2D eigenvalue weighted by atomic mass is 10.4. The summed E-state index contributed by atoms with van der Waals surface area (Å²) in [5.41, 5.74) is 0. The molecule has 0 radical (unpaired) electrons. The van der Waals surface area contributed by atoms with E-state index < -0.39 is 17.7 Å². The predicted octanol–water partition coefficient (Wildman–Crippen LogP) is 3.21. The third-order valence-corrected chi connectivity index (χ3v) is 5.58. The smallest absolute Gasteiger partial charge is 0.202 e. The van der Waals surface area contributed by atoms with Gasteiger partial charge in [0.2, 0.25) is 7.71 Å². The summed E-state index contributed by atoms with van der Waals surface area (Å²) in [4.78, 5) is 0. The molecule has 14 heavy (non-hydrogen) atoms. The number of hydrogen-bond acceptors (Lipinski definition) is 2. The summed E-state index contributed by atoms with van der Waals surface area (Å²) < 4.78 is 26.0. The Morgan fingerprint density at radius 1 is 1.07 bits per heavy atom. The molecule has 84 valence electrons. The molecule has 0 rings (SSSR count). The van der Waals surface area contributed by atoms with Crippen LogP contribution in [0.15, 0.2) is 4.15 Å². The normalized spacial score (nSPS) is 11.4. The maximum absolute atomic E-state index is 11.0. The molecule has 0 heterocycles. The van der Waals surface area contributed by atoms with Gasteiger partial charge in [0.25, 0.3) is 10.0 Å². The van der Waals surface area contributed by atoms with Crippen molar-refractivity contribution in [1.82, 2.24) is 0 Å². The van der Waals surface area contributed by atoms with Gasteiger partial charge < -0.3 is 0 Å². The Morgan fingerprint density at radius 3 is 1.79 bits per heavy atom. The monoisotopic (exact) mass is 238 g/mol. The van der Waals surface area contributed by atoms with Crippen LogP contribution in [-0.2, 0) is 10.0 Å². The average molecular weight is 238 g/mol. The van der Waals surface area contributed by atoms with Crippen molar-refractivity contribution in [2.24, 2.45) is 4.15 Å². The minimum Gasteiger partial charge on any atom is -0.202 e. The van der Waals surface area contributed by atoms with E-state index in [0.717, 1.165) is 38.0 Å². The highest BCUT2D eigenvalue weighted by atomic mass is 32.2. The first-order valence-electron chi connectivity index (χ1n) is 5.17. The maximum atomic E-state index is 11.0. The lowest BCUT2D eigenvalue weighted by Gasteiger charge is -1.92. The van der Waals surface area contributed by atoms with Crippen LogP contribution >= 0.6 is 7.71 Å².